The van der Waals surface area contributed by atoms with Crippen molar-refractivity contribution in [2.75, 3.05) is 33.2 Å². The van der Waals surface area contributed by atoms with Crippen LogP contribution in [0.2, 0.25) is 0 Å². The maximum Gasteiger partial charge on any atom is 0.254 e. The number of piperazine rings is 1. The highest BCUT2D eigenvalue weighted by molar-refractivity contribution is 5.94. The van der Waals surface area contributed by atoms with Gasteiger partial charge in [-0.2, -0.15) is 0 Å². The molecular formula is C14H20FN3O. The molecule has 0 saturated carbocycles. The lowest BCUT2D eigenvalue weighted by Crippen LogP contribution is -2.56. The zero-order valence-corrected chi connectivity index (χ0v) is 11.4. The molecule has 1 aliphatic heterocycles. The van der Waals surface area contributed by atoms with Crippen LogP contribution in [-0.4, -0.2) is 55.0 Å². The van der Waals surface area contributed by atoms with E-state index in [1.807, 2.05) is 7.05 Å². The lowest BCUT2D eigenvalue weighted by Gasteiger charge is -2.39. The fourth-order valence-electron chi connectivity index (χ4n) is 2.51. The van der Waals surface area contributed by atoms with Crippen molar-refractivity contribution < 1.29 is 9.18 Å². The van der Waals surface area contributed by atoms with E-state index in [-0.39, 0.29) is 17.8 Å². The summed E-state index contributed by atoms with van der Waals surface area (Å²) in [6.07, 6.45) is 0. The topological polar surface area (TPSA) is 49.6 Å². The summed E-state index contributed by atoms with van der Waals surface area (Å²) in [5.74, 6) is -0.507. The van der Waals surface area contributed by atoms with Crippen LogP contribution < -0.4 is 5.73 Å². The molecule has 19 heavy (non-hydrogen) atoms. The predicted molar refractivity (Wildman–Crippen MR) is 72.5 cm³/mol. The van der Waals surface area contributed by atoms with Crippen molar-refractivity contribution in [1.82, 2.24) is 9.80 Å². The molecule has 2 rings (SSSR count). The summed E-state index contributed by atoms with van der Waals surface area (Å²) in [7, 11) is 2.01. The summed E-state index contributed by atoms with van der Waals surface area (Å²) < 4.78 is 13.4. The van der Waals surface area contributed by atoms with Crippen LogP contribution in [0.5, 0.6) is 0 Å². The minimum atomic E-state index is -0.373. The van der Waals surface area contributed by atoms with E-state index in [9.17, 15) is 9.18 Å². The summed E-state index contributed by atoms with van der Waals surface area (Å²) in [5, 5.41) is 0. The summed E-state index contributed by atoms with van der Waals surface area (Å²) in [4.78, 5) is 16.4. The van der Waals surface area contributed by atoms with Crippen LogP contribution in [0, 0.1) is 12.7 Å². The third-order valence-corrected chi connectivity index (χ3v) is 3.51. The normalized spacial score (nSPS) is 20.6. The van der Waals surface area contributed by atoms with Gasteiger partial charge in [-0.15, -0.1) is 0 Å². The third kappa shape index (κ3) is 3.11. The highest BCUT2D eigenvalue weighted by Crippen LogP contribution is 2.15. The Balaban J connectivity index is 2.22. The Labute approximate surface area is 113 Å². The first kappa shape index (κ1) is 14.0. The van der Waals surface area contributed by atoms with E-state index < -0.39 is 0 Å². The Morgan fingerprint density at radius 3 is 2.79 bits per heavy atom. The predicted octanol–water partition coefficient (Wildman–Crippen LogP) is 0.849. The van der Waals surface area contributed by atoms with Gasteiger partial charge in [0.15, 0.2) is 0 Å². The van der Waals surface area contributed by atoms with Crippen LogP contribution in [0.25, 0.3) is 0 Å². The van der Waals surface area contributed by atoms with E-state index >= 15 is 0 Å². The minimum absolute atomic E-state index is 0.00479. The number of aryl methyl sites for hydroxylation is 1. The van der Waals surface area contributed by atoms with Gasteiger partial charge in [0.1, 0.15) is 5.82 Å². The number of rotatable bonds is 2. The van der Waals surface area contributed by atoms with Gasteiger partial charge in [-0.05, 0) is 37.7 Å². The molecule has 1 aromatic rings. The zero-order chi connectivity index (χ0) is 14.0. The van der Waals surface area contributed by atoms with Gasteiger partial charge in [-0.3, -0.25) is 4.79 Å². The smallest absolute Gasteiger partial charge is 0.254 e. The molecule has 0 unspecified atom stereocenters. The number of amides is 1. The Bertz CT molecular complexity index is 458. The van der Waals surface area contributed by atoms with E-state index in [1.165, 1.54) is 12.1 Å². The number of hydrogen-bond donors (Lipinski definition) is 1. The number of benzene rings is 1. The molecule has 1 aromatic carbocycles. The summed E-state index contributed by atoms with van der Waals surface area (Å²) in [6, 6.07) is 4.43. The van der Waals surface area contributed by atoms with Crippen LogP contribution >= 0.6 is 0 Å². The molecule has 5 heteroatoms. The molecule has 1 aliphatic rings. The Morgan fingerprint density at radius 1 is 1.42 bits per heavy atom. The number of likely N-dealkylation sites (N-methyl/N-ethyl adjacent to an activating group) is 1. The molecular weight excluding hydrogens is 245 g/mol. The van der Waals surface area contributed by atoms with Crippen LogP contribution in [0.15, 0.2) is 18.2 Å². The van der Waals surface area contributed by atoms with Crippen LogP contribution in [-0.2, 0) is 0 Å². The molecule has 104 valence electrons. The molecule has 1 fully saturated rings. The largest absolute Gasteiger partial charge is 0.332 e. The number of nitrogens with zero attached hydrogens (tertiary/aromatic N) is 2. The molecule has 0 aromatic heterocycles. The van der Waals surface area contributed by atoms with Gasteiger partial charge < -0.3 is 15.5 Å². The van der Waals surface area contributed by atoms with E-state index in [1.54, 1.807) is 17.9 Å². The molecule has 4 nitrogen and oxygen atoms in total. The second-order valence-electron chi connectivity index (χ2n) is 5.17. The Morgan fingerprint density at radius 2 is 2.16 bits per heavy atom. The molecule has 1 atom stereocenters. The monoisotopic (exact) mass is 265 g/mol. The lowest BCUT2D eigenvalue weighted by molar-refractivity contribution is 0.0515. The number of carbonyl (C=O) groups excluding carboxylic acids is 1. The molecule has 2 N–H and O–H groups in total. The van der Waals surface area contributed by atoms with E-state index in [4.69, 9.17) is 5.73 Å². The minimum Gasteiger partial charge on any atom is -0.332 e. The molecule has 0 aliphatic carbocycles. The average Bonchev–Trinajstić information content (AvgIpc) is 2.36. The maximum atomic E-state index is 13.4. The van der Waals surface area contributed by atoms with Crippen molar-refractivity contribution in [1.29, 1.82) is 0 Å². The summed E-state index contributed by atoms with van der Waals surface area (Å²) in [6.45, 7) is 4.41. The average molecular weight is 265 g/mol. The fourth-order valence-corrected chi connectivity index (χ4v) is 2.51. The molecule has 0 bridgehead atoms. The number of carbonyl (C=O) groups is 1. The summed E-state index contributed by atoms with van der Waals surface area (Å²) >= 11 is 0. The molecule has 1 saturated heterocycles. The zero-order valence-electron chi connectivity index (χ0n) is 11.4. The van der Waals surface area contributed by atoms with Crippen LogP contribution in [0.4, 0.5) is 4.39 Å². The van der Waals surface area contributed by atoms with Gasteiger partial charge in [0.05, 0.1) is 6.04 Å². The standard InChI is InChI=1S/C14H20FN3O/c1-10-5-11(7-12(15)6-10)14(19)18-4-3-17(2)9-13(18)8-16/h5-7,13H,3-4,8-9,16H2,1-2H3/t13-/m1/s1. The van der Waals surface area contributed by atoms with Gasteiger partial charge in [-0.25, -0.2) is 4.39 Å². The third-order valence-electron chi connectivity index (χ3n) is 3.51. The second kappa shape index (κ2) is 5.67. The highest BCUT2D eigenvalue weighted by Gasteiger charge is 2.28. The van der Waals surface area contributed by atoms with E-state index in [0.29, 0.717) is 18.7 Å². The van der Waals surface area contributed by atoms with Crippen LogP contribution in [0.3, 0.4) is 0 Å². The first-order chi connectivity index (χ1) is 9.01. The van der Waals surface area contributed by atoms with Gasteiger partial charge in [-0.1, -0.05) is 0 Å². The van der Waals surface area contributed by atoms with Gasteiger partial charge in [0.2, 0.25) is 0 Å². The van der Waals surface area contributed by atoms with Gasteiger partial charge in [0.25, 0.3) is 5.91 Å². The first-order valence-electron chi connectivity index (χ1n) is 6.48. The van der Waals surface area contributed by atoms with Crippen molar-refractivity contribution in [3.8, 4) is 0 Å². The van der Waals surface area contributed by atoms with E-state index in [2.05, 4.69) is 4.90 Å². The second-order valence-corrected chi connectivity index (χ2v) is 5.17. The molecule has 1 heterocycles. The number of halogens is 1. The Hall–Kier alpha value is -1.46. The maximum absolute atomic E-state index is 13.4. The number of hydrogen-bond acceptors (Lipinski definition) is 3. The van der Waals surface area contributed by atoms with Crippen molar-refractivity contribution in [3.05, 3.63) is 35.1 Å². The van der Waals surface area contributed by atoms with Gasteiger partial charge in [0, 0.05) is 31.7 Å². The van der Waals surface area contributed by atoms with Crippen molar-refractivity contribution in [2.45, 2.75) is 13.0 Å². The quantitative estimate of drug-likeness (QED) is 0.862. The first-order valence-corrected chi connectivity index (χ1v) is 6.48. The van der Waals surface area contributed by atoms with Crippen molar-refractivity contribution in [3.63, 3.8) is 0 Å². The van der Waals surface area contributed by atoms with Gasteiger partial charge >= 0.3 is 0 Å². The number of nitrogens with two attached hydrogens (primary N) is 1. The van der Waals surface area contributed by atoms with E-state index in [0.717, 1.165) is 18.7 Å². The van der Waals surface area contributed by atoms with Crippen LogP contribution in [0.1, 0.15) is 15.9 Å². The van der Waals surface area contributed by atoms with Crippen molar-refractivity contribution >= 4 is 5.91 Å². The van der Waals surface area contributed by atoms with Crippen molar-refractivity contribution in [2.24, 2.45) is 5.73 Å². The fraction of sp³-hybridized carbons (Fsp3) is 0.500. The summed E-state index contributed by atoms with van der Waals surface area (Å²) in [5.41, 5.74) is 6.89. The Kier molecular flexibility index (Phi) is 4.17. The highest BCUT2D eigenvalue weighted by atomic mass is 19.1. The lowest BCUT2D eigenvalue weighted by atomic mass is 10.1. The molecule has 1 amide bonds. The molecule has 0 radical (unpaired) electrons. The molecule has 0 spiro atoms. The SMILES string of the molecule is Cc1cc(F)cc(C(=O)N2CCN(C)C[C@H]2CN)c1.